The largest absolute Gasteiger partial charge is 0.467 e. The number of carbonyl (C=O) groups excluding carboxylic acids is 1. The molecule has 0 fully saturated rings. The Morgan fingerprint density at radius 1 is 1.18 bits per heavy atom. The first-order chi connectivity index (χ1) is 15.8. The highest BCUT2D eigenvalue weighted by Gasteiger charge is 2.47. The zero-order valence-electron chi connectivity index (χ0n) is 16.9. The van der Waals surface area contributed by atoms with Crippen LogP contribution in [0.5, 0.6) is 0 Å². The lowest BCUT2D eigenvalue weighted by Gasteiger charge is -2.32. The number of halogens is 4. The monoisotopic (exact) mass is 475 g/mol. The Bertz CT molecular complexity index is 1280. The van der Waals surface area contributed by atoms with Crippen molar-refractivity contribution in [3.8, 4) is 5.69 Å². The summed E-state index contributed by atoms with van der Waals surface area (Å²) in [5.74, 6) is -0.199. The Morgan fingerprint density at radius 2 is 1.97 bits per heavy atom. The van der Waals surface area contributed by atoms with Crippen LogP contribution in [-0.2, 0) is 0 Å². The van der Waals surface area contributed by atoms with Gasteiger partial charge in [0.2, 0.25) is 0 Å². The average Bonchev–Trinajstić information content (AvgIpc) is 3.53. The van der Waals surface area contributed by atoms with Crippen LogP contribution in [0.25, 0.3) is 5.69 Å². The molecule has 2 atom stereocenters. The first kappa shape index (κ1) is 21.2. The number of fused-ring (bicyclic) bond motifs is 1. The molecule has 2 N–H and O–H groups in total. The zero-order chi connectivity index (χ0) is 23.2. The van der Waals surface area contributed by atoms with E-state index in [9.17, 15) is 18.0 Å². The van der Waals surface area contributed by atoms with Gasteiger partial charge < -0.3 is 19.6 Å². The highest BCUT2D eigenvalue weighted by atomic mass is 35.5. The second-order valence-corrected chi connectivity index (χ2v) is 7.98. The number of rotatable bonds is 4. The van der Waals surface area contributed by atoms with Crippen molar-refractivity contribution in [2.45, 2.75) is 24.7 Å². The summed E-state index contributed by atoms with van der Waals surface area (Å²) in [4.78, 5) is 12.8. The molecule has 4 heterocycles. The summed E-state index contributed by atoms with van der Waals surface area (Å²) in [6.45, 7) is 0. The molecule has 11 heteroatoms. The summed E-state index contributed by atoms with van der Waals surface area (Å²) in [7, 11) is 0. The molecule has 5 rings (SSSR count). The molecule has 170 valence electrons. The number of nitrogens with one attached hydrogen (secondary N) is 2. The predicted octanol–water partition coefficient (Wildman–Crippen LogP) is 5.83. The number of amides is 1. The Labute approximate surface area is 190 Å². The minimum Gasteiger partial charge on any atom is -0.467 e. The van der Waals surface area contributed by atoms with Crippen LogP contribution in [0.1, 0.15) is 34.8 Å². The molecule has 0 saturated carbocycles. The van der Waals surface area contributed by atoms with E-state index in [0.717, 1.165) is 10.4 Å². The van der Waals surface area contributed by atoms with Gasteiger partial charge in [-0.25, -0.2) is 4.68 Å². The van der Waals surface area contributed by atoms with Crippen LogP contribution in [0.4, 0.5) is 24.7 Å². The third-order valence-electron chi connectivity index (χ3n) is 5.40. The SMILES string of the molecule is O=C(Nc1ccc(-n2cccc2)c(Cl)c1)c1cc2n(n1)[C@H](C(F)(F)F)C[C@H](c1ccco1)N2. The molecule has 0 unspecified atom stereocenters. The van der Waals surface area contributed by atoms with Crippen molar-refractivity contribution in [1.82, 2.24) is 14.3 Å². The Hall–Kier alpha value is -3.66. The number of carbonyl (C=O) groups is 1. The maximum absolute atomic E-state index is 13.8. The van der Waals surface area contributed by atoms with E-state index in [0.29, 0.717) is 16.5 Å². The van der Waals surface area contributed by atoms with E-state index in [2.05, 4.69) is 15.7 Å². The Kier molecular flexibility index (Phi) is 5.16. The fourth-order valence-corrected chi connectivity index (χ4v) is 4.12. The summed E-state index contributed by atoms with van der Waals surface area (Å²) in [6.07, 6.45) is 0.188. The van der Waals surface area contributed by atoms with Gasteiger partial charge in [-0.1, -0.05) is 11.6 Å². The third-order valence-corrected chi connectivity index (χ3v) is 5.70. The molecule has 1 aromatic carbocycles. The van der Waals surface area contributed by atoms with Crippen LogP contribution in [0, 0.1) is 0 Å². The van der Waals surface area contributed by atoms with Gasteiger partial charge in [0.25, 0.3) is 5.91 Å². The number of anilines is 2. The third kappa shape index (κ3) is 4.09. The van der Waals surface area contributed by atoms with E-state index in [4.69, 9.17) is 16.0 Å². The number of alkyl halides is 3. The summed E-state index contributed by atoms with van der Waals surface area (Å²) in [5.41, 5.74) is 0.955. The van der Waals surface area contributed by atoms with Crippen LogP contribution < -0.4 is 10.6 Å². The van der Waals surface area contributed by atoms with Crippen molar-refractivity contribution in [3.63, 3.8) is 0 Å². The van der Waals surface area contributed by atoms with Gasteiger partial charge in [0.15, 0.2) is 11.7 Å². The summed E-state index contributed by atoms with van der Waals surface area (Å²) >= 11 is 6.33. The maximum atomic E-state index is 13.8. The molecule has 7 nitrogen and oxygen atoms in total. The highest BCUT2D eigenvalue weighted by molar-refractivity contribution is 6.32. The van der Waals surface area contributed by atoms with Crippen molar-refractivity contribution >= 4 is 29.0 Å². The second-order valence-electron chi connectivity index (χ2n) is 7.58. The van der Waals surface area contributed by atoms with Gasteiger partial charge in [0.1, 0.15) is 11.6 Å². The standard InChI is InChI=1S/C22H17ClF3N5O2/c23-14-10-13(5-6-17(14)30-7-1-2-8-30)27-21(32)16-12-20-28-15(18-4-3-9-33-18)11-19(22(24,25)26)31(20)29-16/h1-10,12,15,19,28H,11H2,(H,27,32)/t15-,19+/m1/s1. The van der Waals surface area contributed by atoms with Gasteiger partial charge in [-0.15, -0.1) is 0 Å². The van der Waals surface area contributed by atoms with Gasteiger partial charge in [-0.05, 0) is 42.5 Å². The van der Waals surface area contributed by atoms with Crippen LogP contribution in [-0.4, -0.2) is 26.4 Å². The molecule has 1 aliphatic rings. The topological polar surface area (TPSA) is 77.0 Å². The van der Waals surface area contributed by atoms with E-state index in [1.807, 2.05) is 29.1 Å². The molecular formula is C22H17ClF3N5O2. The first-order valence-corrected chi connectivity index (χ1v) is 10.4. The molecule has 1 amide bonds. The number of hydrogen-bond donors (Lipinski definition) is 2. The lowest BCUT2D eigenvalue weighted by Crippen LogP contribution is -2.35. The first-order valence-electron chi connectivity index (χ1n) is 10.00. The summed E-state index contributed by atoms with van der Waals surface area (Å²) in [6, 6.07) is 10.5. The van der Waals surface area contributed by atoms with E-state index < -0.39 is 24.2 Å². The lowest BCUT2D eigenvalue weighted by atomic mass is 10.0. The van der Waals surface area contributed by atoms with Crippen molar-refractivity contribution < 1.29 is 22.4 Å². The fourth-order valence-electron chi connectivity index (χ4n) is 3.84. The van der Waals surface area contributed by atoms with Gasteiger partial charge in [-0.2, -0.15) is 18.3 Å². The molecule has 33 heavy (non-hydrogen) atoms. The predicted molar refractivity (Wildman–Crippen MR) is 116 cm³/mol. The number of nitrogens with zero attached hydrogens (tertiary/aromatic N) is 3. The summed E-state index contributed by atoms with van der Waals surface area (Å²) in [5, 5.41) is 9.95. The molecule has 1 aliphatic heterocycles. The second kappa shape index (κ2) is 8.04. The Balaban J connectivity index is 1.40. The van der Waals surface area contributed by atoms with Crippen molar-refractivity contribution in [3.05, 3.63) is 83.7 Å². The quantitative estimate of drug-likeness (QED) is 0.389. The normalized spacial score (nSPS) is 17.9. The van der Waals surface area contributed by atoms with Gasteiger partial charge in [0.05, 0.1) is 23.0 Å². The fraction of sp³-hybridized carbons (Fsp3) is 0.182. The molecule has 0 radical (unpaired) electrons. The van der Waals surface area contributed by atoms with Gasteiger partial charge in [0, 0.05) is 30.6 Å². The number of hydrogen-bond acceptors (Lipinski definition) is 4. The van der Waals surface area contributed by atoms with Crippen LogP contribution in [0.2, 0.25) is 5.02 Å². The minimum absolute atomic E-state index is 0.0797. The average molecular weight is 476 g/mol. The van der Waals surface area contributed by atoms with E-state index in [1.165, 1.54) is 12.3 Å². The molecule has 3 aromatic heterocycles. The number of benzene rings is 1. The zero-order valence-corrected chi connectivity index (χ0v) is 17.6. The van der Waals surface area contributed by atoms with Crippen molar-refractivity contribution in [2.24, 2.45) is 0 Å². The van der Waals surface area contributed by atoms with E-state index in [1.54, 1.807) is 30.3 Å². The molecule has 4 aromatic rings. The lowest BCUT2D eigenvalue weighted by molar-refractivity contribution is -0.174. The minimum atomic E-state index is -4.55. The van der Waals surface area contributed by atoms with Crippen molar-refractivity contribution in [1.29, 1.82) is 0 Å². The Morgan fingerprint density at radius 3 is 2.64 bits per heavy atom. The van der Waals surface area contributed by atoms with Crippen LogP contribution >= 0.6 is 11.6 Å². The number of aromatic nitrogens is 3. The smallest absolute Gasteiger partial charge is 0.410 e. The molecular weight excluding hydrogens is 459 g/mol. The van der Waals surface area contributed by atoms with E-state index in [-0.39, 0.29) is 17.9 Å². The highest BCUT2D eigenvalue weighted by Crippen LogP contribution is 2.43. The maximum Gasteiger partial charge on any atom is 0.410 e. The molecule has 0 bridgehead atoms. The summed E-state index contributed by atoms with van der Waals surface area (Å²) < 4.78 is 49.2. The molecule has 0 spiro atoms. The molecule has 0 saturated heterocycles. The van der Waals surface area contributed by atoms with Crippen LogP contribution in [0.15, 0.2) is 71.6 Å². The van der Waals surface area contributed by atoms with Crippen molar-refractivity contribution in [2.75, 3.05) is 10.6 Å². The molecule has 0 aliphatic carbocycles. The van der Waals surface area contributed by atoms with E-state index >= 15 is 0 Å². The van der Waals surface area contributed by atoms with Gasteiger partial charge in [-0.3, -0.25) is 4.79 Å². The van der Waals surface area contributed by atoms with Crippen LogP contribution in [0.3, 0.4) is 0 Å². The number of furan rings is 1. The van der Waals surface area contributed by atoms with Gasteiger partial charge >= 0.3 is 6.18 Å².